The fourth-order valence-electron chi connectivity index (χ4n) is 4.14. The summed E-state index contributed by atoms with van der Waals surface area (Å²) in [6, 6.07) is 11.4. The summed E-state index contributed by atoms with van der Waals surface area (Å²) in [5.41, 5.74) is 0.487. The molecule has 118 valence electrons. The van der Waals surface area contributed by atoms with Gasteiger partial charge in [-0.1, -0.05) is 43.2 Å². The van der Waals surface area contributed by atoms with Crippen molar-refractivity contribution in [1.29, 1.82) is 0 Å². The van der Waals surface area contributed by atoms with Gasteiger partial charge in [-0.05, 0) is 43.1 Å². The van der Waals surface area contributed by atoms with Crippen molar-refractivity contribution >= 4 is 22.5 Å². The van der Waals surface area contributed by atoms with E-state index in [1.807, 2.05) is 30.3 Å². The van der Waals surface area contributed by atoms with Gasteiger partial charge in [0, 0.05) is 5.39 Å². The Morgan fingerprint density at radius 3 is 2.39 bits per heavy atom. The van der Waals surface area contributed by atoms with Gasteiger partial charge in [-0.25, -0.2) is 0 Å². The minimum atomic E-state index is -0.152. The minimum Gasteiger partial charge on any atom is -0.425 e. The first-order chi connectivity index (χ1) is 11.2. The first-order valence-electron chi connectivity index (χ1n) is 8.41. The van der Waals surface area contributed by atoms with Gasteiger partial charge in [0.1, 0.15) is 5.75 Å². The van der Waals surface area contributed by atoms with Gasteiger partial charge in [0.2, 0.25) is 0 Å². The number of esters is 1. The number of benzene rings is 2. The molecule has 0 spiro atoms. The van der Waals surface area contributed by atoms with Crippen molar-refractivity contribution in [3.63, 3.8) is 0 Å². The van der Waals surface area contributed by atoms with E-state index in [9.17, 15) is 9.59 Å². The molecule has 0 unspecified atom stereocenters. The second-order valence-corrected chi connectivity index (χ2v) is 6.78. The SMILES string of the molecule is CC(=O)c1ccc2ccccc2c1OC(=O)C1[C@H]2CCCC[C@H]12. The molecule has 2 fully saturated rings. The maximum atomic E-state index is 12.6. The summed E-state index contributed by atoms with van der Waals surface area (Å²) >= 11 is 0. The van der Waals surface area contributed by atoms with Crippen molar-refractivity contribution in [1.82, 2.24) is 0 Å². The molecule has 0 aliphatic heterocycles. The molecule has 0 amide bonds. The molecule has 2 atom stereocenters. The van der Waals surface area contributed by atoms with Crippen molar-refractivity contribution in [2.75, 3.05) is 0 Å². The summed E-state index contributed by atoms with van der Waals surface area (Å²) < 4.78 is 5.78. The zero-order valence-electron chi connectivity index (χ0n) is 13.2. The number of hydrogen-bond donors (Lipinski definition) is 0. The predicted molar refractivity (Wildman–Crippen MR) is 88.5 cm³/mol. The number of ketones is 1. The van der Waals surface area contributed by atoms with Gasteiger partial charge in [-0.15, -0.1) is 0 Å². The Labute approximate surface area is 135 Å². The van der Waals surface area contributed by atoms with E-state index in [0.29, 0.717) is 23.1 Å². The highest BCUT2D eigenvalue weighted by molar-refractivity contribution is 6.05. The molecule has 2 aromatic rings. The molecule has 3 heteroatoms. The number of rotatable bonds is 3. The minimum absolute atomic E-state index is 0.0382. The Bertz CT molecular complexity index is 781. The van der Waals surface area contributed by atoms with E-state index in [1.165, 1.54) is 19.8 Å². The lowest BCUT2D eigenvalue weighted by Crippen LogP contribution is -2.14. The highest BCUT2D eigenvalue weighted by atomic mass is 16.5. The number of ether oxygens (including phenoxy) is 1. The molecule has 3 nitrogen and oxygen atoms in total. The third-order valence-corrected chi connectivity index (χ3v) is 5.39. The molecule has 2 saturated carbocycles. The van der Waals surface area contributed by atoms with Gasteiger partial charge in [-0.3, -0.25) is 9.59 Å². The van der Waals surface area contributed by atoms with Crippen molar-refractivity contribution in [2.24, 2.45) is 17.8 Å². The standard InChI is InChI=1S/C20H20O3/c1-12(21)14-11-10-13-6-2-3-7-15(13)19(14)23-20(22)18-16-8-4-5-9-17(16)18/h2-3,6-7,10-11,16-18H,4-5,8-9H2,1H3/t16-,17-/m0/s1. The monoisotopic (exact) mass is 308 g/mol. The second kappa shape index (κ2) is 5.48. The van der Waals surface area contributed by atoms with Crippen LogP contribution in [0.25, 0.3) is 10.8 Å². The molecule has 4 rings (SSSR count). The summed E-state index contributed by atoms with van der Waals surface area (Å²) in [6.07, 6.45) is 4.72. The normalized spacial score (nSPS) is 25.7. The molecule has 2 aliphatic rings. The molecule has 23 heavy (non-hydrogen) atoms. The predicted octanol–water partition coefficient (Wildman–Crippen LogP) is 4.38. The maximum absolute atomic E-state index is 12.6. The van der Waals surface area contributed by atoms with Crippen molar-refractivity contribution < 1.29 is 14.3 Å². The van der Waals surface area contributed by atoms with Crippen molar-refractivity contribution in [2.45, 2.75) is 32.6 Å². The van der Waals surface area contributed by atoms with Crippen LogP contribution in [-0.2, 0) is 4.79 Å². The van der Waals surface area contributed by atoms with E-state index in [1.54, 1.807) is 6.07 Å². The fourth-order valence-corrected chi connectivity index (χ4v) is 4.14. The molecular weight excluding hydrogens is 288 g/mol. The van der Waals surface area contributed by atoms with Gasteiger partial charge in [0.05, 0.1) is 11.5 Å². The number of Topliss-reactive ketones (excluding diaryl/α,β-unsaturated/α-hetero) is 1. The molecule has 2 aromatic carbocycles. The van der Waals surface area contributed by atoms with Crippen LogP contribution in [0.15, 0.2) is 36.4 Å². The summed E-state index contributed by atoms with van der Waals surface area (Å²) in [5, 5.41) is 1.81. The Balaban J connectivity index is 1.69. The summed E-state index contributed by atoms with van der Waals surface area (Å²) in [6.45, 7) is 1.51. The average Bonchev–Trinajstić information content (AvgIpc) is 3.29. The van der Waals surface area contributed by atoms with E-state index in [-0.39, 0.29) is 17.7 Å². The number of fused-ring (bicyclic) bond motifs is 2. The lowest BCUT2D eigenvalue weighted by Gasteiger charge is -2.11. The number of carbonyl (C=O) groups excluding carboxylic acids is 2. The molecule has 0 N–H and O–H groups in total. The number of carbonyl (C=O) groups is 2. The van der Waals surface area contributed by atoms with Crippen LogP contribution in [0.5, 0.6) is 5.75 Å². The zero-order valence-corrected chi connectivity index (χ0v) is 13.2. The first kappa shape index (κ1) is 14.4. The quantitative estimate of drug-likeness (QED) is 0.480. The first-order valence-corrected chi connectivity index (χ1v) is 8.41. The van der Waals surface area contributed by atoms with Crippen LogP contribution in [0.4, 0.5) is 0 Å². The highest BCUT2D eigenvalue weighted by Crippen LogP contribution is 2.56. The van der Waals surface area contributed by atoms with Gasteiger partial charge < -0.3 is 4.74 Å². The van der Waals surface area contributed by atoms with Gasteiger partial charge in [-0.2, -0.15) is 0 Å². The van der Waals surface area contributed by atoms with Crippen LogP contribution in [0.3, 0.4) is 0 Å². The zero-order chi connectivity index (χ0) is 16.0. The van der Waals surface area contributed by atoms with Gasteiger partial charge in [0.25, 0.3) is 0 Å². The molecule has 2 aliphatic carbocycles. The van der Waals surface area contributed by atoms with Gasteiger partial charge in [0.15, 0.2) is 5.78 Å². The Morgan fingerprint density at radius 2 is 1.70 bits per heavy atom. The van der Waals surface area contributed by atoms with Crippen LogP contribution in [0.1, 0.15) is 43.0 Å². The second-order valence-electron chi connectivity index (χ2n) is 6.78. The Kier molecular flexibility index (Phi) is 3.44. The van der Waals surface area contributed by atoms with Crippen LogP contribution in [0.2, 0.25) is 0 Å². The van der Waals surface area contributed by atoms with Crippen LogP contribution >= 0.6 is 0 Å². The van der Waals surface area contributed by atoms with E-state index in [2.05, 4.69) is 0 Å². The topological polar surface area (TPSA) is 43.4 Å². The molecule has 0 saturated heterocycles. The third kappa shape index (κ3) is 2.44. The summed E-state index contributed by atoms with van der Waals surface area (Å²) in [5.74, 6) is 1.26. The summed E-state index contributed by atoms with van der Waals surface area (Å²) in [7, 11) is 0. The van der Waals surface area contributed by atoms with Crippen LogP contribution < -0.4 is 4.74 Å². The van der Waals surface area contributed by atoms with E-state index in [0.717, 1.165) is 23.6 Å². The lowest BCUT2D eigenvalue weighted by atomic mass is 10.0. The van der Waals surface area contributed by atoms with Crippen LogP contribution in [0, 0.1) is 17.8 Å². The van der Waals surface area contributed by atoms with Crippen molar-refractivity contribution in [3.05, 3.63) is 42.0 Å². The van der Waals surface area contributed by atoms with Crippen molar-refractivity contribution in [3.8, 4) is 5.75 Å². The molecular formula is C20H20O3. The molecule has 0 heterocycles. The van der Waals surface area contributed by atoms with E-state index < -0.39 is 0 Å². The van der Waals surface area contributed by atoms with E-state index >= 15 is 0 Å². The Hall–Kier alpha value is -2.16. The van der Waals surface area contributed by atoms with Gasteiger partial charge >= 0.3 is 5.97 Å². The number of hydrogen-bond acceptors (Lipinski definition) is 3. The van der Waals surface area contributed by atoms with E-state index in [4.69, 9.17) is 4.74 Å². The highest BCUT2D eigenvalue weighted by Gasteiger charge is 2.56. The lowest BCUT2D eigenvalue weighted by molar-refractivity contribution is -0.136. The largest absolute Gasteiger partial charge is 0.425 e. The third-order valence-electron chi connectivity index (χ3n) is 5.39. The maximum Gasteiger partial charge on any atom is 0.314 e. The smallest absolute Gasteiger partial charge is 0.314 e. The molecule has 0 bridgehead atoms. The molecule has 0 radical (unpaired) electrons. The summed E-state index contributed by atoms with van der Waals surface area (Å²) in [4.78, 5) is 24.6. The fraction of sp³-hybridized carbons (Fsp3) is 0.400. The average molecular weight is 308 g/mol. The molecule has 0 aromatic heterocycles. The Morgan fingerprint density at radius 1 is 1.00 bits per heavy atom. The van der Waals surface area contributed by atoms with Crippen LogP contribution in [-0.4, -0.2) is 11.8 Å².